The summed E-state index contributed by atoms with van der Waals surface area (Å²) < 4.78 is 29.1. The van der Waals surface area contributed by atoms with Crippen molar-refractivity contribution < 1.29 is 18.1 Å². The zero-order valence-corrected chi connectivity index (χ0v) is 33.6. The predicted octanol–water partition coefficient (Wildman–Crippen LogP) is 6.70. The zero-order valence-electron chi connectivity index (χ0n) is 31.1. The van der Waals surface area contributed by atoms with E-state index >= 15 is 0 Å². The van der Waals surface area contributed by atoms with Crippen LogP contribution in [0.4, 0.5) is 0 Å². The number of nitrogens with zero attached hydrogens (tertiary/aromatic N) is 14. The Bertz CT molecular complexity index is 1470. The lowest BCUT2D eigenvalue weighted by Gasteiger charge is -1.67. The van der Waals surface area contributed by atoms with E-state index in [-0.39, 0.29) is 0 Å². The Labute approximate surface area is 323 Å². The monoisotopic (exact) mass is 798 g/mol. The molecule has 0 saturated heterocycles. The lowest BCUT2D eigenvalue weighted by atomic mass is 10.4. The molecule has 0 saturated carbocycles. The Balaban J connectivity index is 0.000000304. The van der Waals surface area contributed by atoms with Crippen LogP contribution in [0.2, 0.25) is 0 Å². The van der Waals surface area contributed by atoms with Gasteiger partial charge in [0, 0.05) is 39.6 Å². The molecule has 0 aliphatic heterocycles. The molecular formula is C31H42N16O4S3. The zero-order chi connectivity index (χ0) is 39.7. The fourth-order valence-electron chi connectivity index (χ4n) is 2.26. The van der Waals surface area contributed by atoms with Gasteiger partial charge in [-0.05, 0) is 103 Å². The first-order valence-electron chi connectivity index (χ1n) is 15.3. The molecule has 0 aliphatic rings. The molecule has 0 aromatic carbocycles. The molecule has 0 radical (unpaired) electrons. The molecule has 2 N–H and O–H groups in total. The molecule has 0 spiro atoms. The number of nitrogens with one attached hydrogen (secondary N) is 2. The molecule has 20 nitrogen and oxygen atoms in total. The van der Waals surface area contributed by atoms with Gasteiger partial charge in [0.2, 0.25) is 6.39 Å². The average molecular weight is 799 g/mol. The van der Waals surface area contributed by atoms with Crippen molar-refractivity contribution in [3.63, 3.8) is 0 Å². The molecule has 288 valence electrons. The van der Waals surface area contributed by atoms with Crippen molar-refractivity contribution in [1.29, 1.82) is 0 Å². The van der Waals surface area contributed by atoms with Crippen molar-refractivity contribution in [1.82, 2.24) is 79.3 Å². The Morgan fingerprint density at radius 1 is 0.667 bits per heavy atom. The number of rotatable bonds is 0. The quantitative estimate of drug-likeness (QED) is 0.162. The Morgan fingerprint density at radius 2 is 1.50 bits per heavy atom. The third-order valence-corrected chi connectivity index (χ3v) is 6.58. The summed E-state index contributed by atoms with van der Waals surface area (Å²) in [7, 11) is 0. The third-order valence-electron chi connectivity index (χ3n) is 4.74. The van der Waals surface area contributed by atoms with E-state index in [1.807, 2.05) is 72.2 Å². The van der Waals surface area contributed by atoms with Gasteiger partial charge in [0.05, 0.1) is 29.6 Å². The number of imidazole rings is 1. The molecule has 9 aromatic heterocycles. The van der Waals surface area contributed by atoms with Gasteiger partial charge in [0.1, 0.15) is 48.0 Å². The number of aromatic amines is 2. The van der Waals surface area contributed by atoms with E-state index in [2.05, 4.69) is 97.4 Å². The van der Waals surface area contributed by atoms with E-state index in [9.17, 15) is 0 Å². The minimum Gasteiger partial charge on any atom is -0.365 e. The van der Waals surface area contributed by atoms with Crippen LogP contribution in [0.3, 0.4) is 0 Å². The Hall–Kier alpha value is -6.20. The number of hydrogen-bond donors (Lipinski definition) is 2. The molecule has 54 heavy (non-hydrogen) atoms. The first kappa shape index (κ1) is 45.8. The molecule has 9 rings (SSSR count). The van der Waals surface area contributed by atoms with Crippen LogP contribution in [0.25, 0.3) is 0 Å². The normalized spacial score (nSPS) is 8.83. The Kier molecular flexibility index (Phi) is 25.8. The molecule has 0 unspecified atom stereocenters. The van der Waals surface area contributed by atoms with Crippen molar-refractivity contribution in [3.8, 4) is 0 Å². The minimum absolute atomic E-state index is 0.676. The van der Waals surface area contributed by atoms with Gasteiger partial charge in [0.25, 0.3) is 0 Å². The van der Waals surface area contributed by atoms with Gasteiger partial charge in [-0.3, -0.25) is 5.10 Å². The van der Waals surface area contributed by atoms with Gasteiger partial charge >= 0.3 is 0 Å². The van der Waals surface area contributed by atoms with Crippen LogP contribution >= 0.6 is 34.6 Å². The summed E-state index contributed by atoms with van der Waals surface area (Å²) in [4.78, 5) is 17.9. The molecule has 9 aromatic rings. The molecule has 0 aliphatic carbocycles. The SMILES string of the molecule is Cc1ccon1.Cc1ccsn1.Cc1cnc[nH]1.Cc1cnoc1.Cc1conn1.Cc1csnn1.Cc1ncn[nH]1.Cc1ncon1.Cc1ncsn1. The van der Waals surface area contributed by atoms with Crippen LogP contribution in [0.15, 0.2) is 96.7 Å². The number of aryl methyl sites for hydroxylation is 9. The van der Waals surface area contributed by atoms with Gasteiger partial charge in [-0.15, -0.1) is 10.2 Å². The summed E-state index contributed by atoms with van der Waals surface area (Å²) in [5.74, 6) is 2.39. The summed E-state index contributed by atoms with van der Waals surface area (Å²) in [6.07, 6.45) is 12.5. The molecule has 0 atom stereocenters. The molecule has 0 amide bonds. The van der Waals surface area contributed by atoms with E-state index in [0.717, 1.165) is 45.7 Å². The summed E-state index contributed by atoms with van der Waals surface area (Å²) in [6.45, 7) is 17.0. The second kappa shape index (κ2) is 30.4. The van der Waals surface area contributed by atoms with Gasteiger partial charge in [0.15, 0.2) is 5.82 Å². The second-order valence-electron chi connectivity index (χ2n) is 9.84. The maximum absolute atomic E-state index is 4.46. The topological polar surface area (TPSA) is 265 Å². The molecule has 0 fully saturated rings. The maximum atomic E-state index is 4.46. The maximum Gasteiger partial charge on any atom is 0.213 e. The van der Waals surface area contributed by atoms with Crippen molar-refractivity contribution in [2.45, 2.75) is 62.3 Å². The van der Waals surface area contributed by atoms with Gasteiger partial charge in [-0.2, -0.15) is 18.8 Å². The third kappa shape index (κ3) is 28.5. The summed E-state index contributed by atoms with van der Waals surface area (Å²) >= 11 is 4.25. The average Bonchev–Trinajstić information content (AvgIpc) is 3.98. The van der Waals surface area contributed by atoms with Crippen molar-refractivity contribution in [2.24, 2.45) is 0 Å². The van der Waals surface area contributed by atoms with Crippen LogP contribution in [0.1, 0.15) is 51.5 Å². The first-order chi connectivity index (χ1) is 26.0. The second-order valence-corrected chi connectivity index (χ2v) is 11.7. The highest BCUT2D eigenvalue weighted by molar-refractivity contribution is 7.03. The van der Waals surface area contributed by atoms with Crippen LogP contribution in [0.5, 0.6) is 0 Å². The van der Waals surface area contributed by atoms with Crippen molar-refractivity contribution >= 4 is 34.6 Å². The summed E-state index contributed by atoms with van der Waals surface area (Å²) in [5, 5.41) is 30.9. The van der Waals surface area contributed by atoms with E-state index in [0.29, 0.717) is 5.82 Å². The van der Waals surface area contributed by atoms with E-state index in [4.69, 9.17) is 0 Å². The molecule has 0 bridgehead atoms. The van der Waals surface area contributed by atoms with Gasteiger partial charge in [-0.1, -0.05) is 20.0 Å². The van der Waals surface area contributed by atoms with Crippen molar-refractivity contribution in [3.05, 3.63) is 130 Å². The van der Waals surface area contributed by atoms with E-state index < -0.39 is 0 Å². The Morgan fingerprint density at radius 3 is 1.67 bits per heavy atom. The van der Waals surface area contributed by atoms with Crippen LogP contribution < -0.4 is 0 Å². The fraction of sp³-hybridized carbons (Fsp3) is 0.290. The predicted molar refractivity (Wildman–Crippen MR) is 201 cm³/mol. The summed E-state index contributed by atoms with van der Waals surface area (Å²) in [6, 6.07) is 3.80. The highest BCUT2D eigenvalue weighted by Gasteiger charge is 1.82. The number of hydrogen-bond acceptors (Lipinski definition) is 21. The van der Waals surface area contributed by atoms with E-state index in [1.165, 1.54) is 53.6 Å². The number of aromatic nitrogens is 16. The lowest BCUT2D eigenvalue weighted by Crippen LogP contribution is -1.68. The van der Waals surface area contributed by atoms with Crippen LogP contribution in [-0.2, 0) is 0 Å². The van der Waals surface area contributed by atoms with Crippen LogP contribution in [0, 0.1) is 62.3 Å². The minimum atomic E-state index is 0.676. The number of H-pyrrole nitrogens is 2. The fourth-order valence-corrected chi connectivity index (χ4v) is 3.68. The van der Waals surface area contributed by atoms with Crippen molar-refractivity contribution in [2.75, 3.05) is 0 Å². The van der Waals surface area contributed by atoms with Gasteiger partial charge in [-0.25, -0.2) is 15.0 Å². The summed E-state index contributed by atoms with van der Waals surface area (Å²) in [5.41, 5.74) is 7.74. The molecular weight excluding hydrogens is 757 g/mol. The van der Waals surface area contributed by atoms with E-state index in [1.54, 1.807) is 49.7 Å². The first-order valence-corrected chi connectivity index (χ1v) is 17.9. The largest absolute Gasteiger partial charge is 0.365 e. The van der Waals surface area contributed by atoms with Gasteiger partial charge < -0.3 is 23.1 Å². The standard InChI is InChI=1S/C4H6N2.2C4H5NO.C4H5NS.C3H5N3.2C3H4N2O.2C3H4N2S/c1-4-2-5-3-6-4;1-4-2-5-6-3-4;2*1-4-2-3-6-5-4;1-3-4-2-5-6-3;1-3-4-2-6-5-3;1-3-2-6-5-4-3;1-3-4-2-6-5-3;1-3-2-6-5-4-3/h2-3H,1H3,(H,5,6);3*2-3H,1H3;2H,1H3,(H,4,5,6);4*2H,1H3. The molecule has 23 heteroatoms. The van der Waals surface area contributed by atoms with Crippen LogP contribution in [-0.4, -0.2) is 79.3 Å². The highest BCUT2D eigenvalue weighted by Crippen LogP contribution is 1.94. The smallest absolute Gasteiger partial charge is 0.213 e. The molecule has 9 heterocycles. The highest BCUT2D eigenvalue weighted by atomic mass is 32.1. The lowest BCUT2D eigenvalue weighted by molar-refractivity contribution is 0.392.